The summed E-state index contributed by atoms with van der Waals surface area (Å²) >= 11 is 0. The Morgan fingerprint density at radius 1 is 1.27 bits per heavy atom. The van der Waals surface area contributed by atoms with E-state index in [1.165, 1.54) is 6.33 Å². The molecule has 1 saturated heterocycles. The molecule has 1 saturated carbocycles. The summed E-state index contributed by atoms with van der Waals surface area (Å²) in [7, 11) is 0. The van der Waals surface area contributed by atoms with Gasteiger partial charge < -0.3 is 35.7 Å². The molecule has 2 aromatic rings. The predicted molar refractivity (Wildman–Crippen MR) is 133 cm³/mol. The molecule has 1 aliphatic heterocycles. The Bertz CT molecular complexity index is 1040. The molecule has 2 aliphatic rings. The number of piperazine rings is 1. The van der Waals surface area contributed by atoms with Gasteiger partial charge in [-0.05, 0) is 31.7 Å². The van der Waals surface area contributed by atoms with Gasteiger partial charge in [-0.3, -0.25) is 0 Å². The molecule has 0 amide bonds. The molecular weight excluding hydrogens is 491 g/mol. The van der Waals surface area contributed by atoms with Gasteiger partial charge >= 0.3 is 6.18 Å². The van der Waals surface area contributed by atoms with E-state index in [1.54, 1.807) is 12.3 Å². The highest BCUT2D eigenvalue weighted by atomic mass is 19.4. The monoisotopic (exact) mass is 523 g/mol. The van der Waals surface area contributed by atoms with Crippen LogP contribution in [0, 0.1) is 11.3 Å². The van der Waals surface area contributed by atoms with Gasteiger partial charge in [0.1, 0.15) is 30.1 Å². The number of nitrogens with zero attached hydrogens (tertiary/aromatic N) is 5. The lowest BCUT2D eigenvalue weighted by Gasteiger charge is -2.32. The molecule has 2 aromatic heterocycles. The van der Waals surface area contributed by atoms with Crippen molar-refractivity contribution in [2.24, 2.45) is 5.92 Å². The Labute approximate surface area is 213 Å². The van der Waals surface area contributed by atoms with Crippen molar-refractivity contribution in [3.63, 3.8) is 0 Å². The van der Waals surface area contributed by atoms with E-state index in [4.69, 9.17) is 24.9 Å². The van der Waals surface area contributed by atoms with Crippen molar-refractivity contribution in [2.45, 2.75) is 32.0 Å². The minimum absolute atomic E-state index is 0.0467. The van der Waals surface area contributed by atoms with Crippen LogP contribution in [-0.2, 0) is 9.47 Å². The summed E-state index contributed by atoms with van der Waals surface area (Å²) in [5.74, 6) is 1.78. The maximum atomic E-state index is 12.5. The number of hydrogen-bond acceptors (Lipinski definition) is 11. The number of hydrogen-bond donors (Lipinski definition) is 4. The SMILES string of the molecule is CC1CN(c2nc(Nc3ccncn3)c(NCCOCC(F)(F)F)c(C(=N)COCC3CC3)n2)CCN1. The molecule has 2 fully saturated rings. The van der Waals surface area contributed by atoms with Gasteiger partial charge in [-0.15, -0.1) is 0 Å². The number of alkyl halides is 3. The van der Waals surface area contributed by atoms with Crippen LogP contribution in [0.5, 0.6) is 0 Å². The van der Waals surface area contributed by atoms with E-state index < -0.39 is 12.8 Å². The number of halogens is 3. The number of nitrogens with one attached hydrogen (secondary N) is 4. The van der Waals surface area contributed by atoms with Crippen molar-refractivity contribution >= 4 is 29.0 Å². The quantitative estimate of drug-likeness (QED) is 0.229. The number of ether oxygens (including phenoxy) is 2. The van der Waals surface area contributed by atoms with E-state index in [1.807, 2.05) is 4.90 Å². The van der Waals surface area contributed by atoms with Crippen LogP contribution in [0.1, 0.15) is 25.5 Å². The maximum absolute atomic E-state index is 12.5. The average Bonchev–Trinajstić information content (AvgIpc) is 3.68. The predicted octanol–water partition coefficient (Wildman–Crippen LogP) is 2.59. The second kappa shape index (κ2) is 12.4. The lowest BCUT2D eigenvalue weighted by molar-refractivity contribution is -0.172. The molecule has 1 aliphatic carbocycles. The third kappa shape index (κ3) is 8.47. The van der Waals surface area contributed by atoms with Crippen LogP contribution >= 0.6 is 0 Å². The van der Waals surface area contributed by atoms with Crippen LogP contribution in [0.3, 0.4) is 0 Å². The first-order chi connectivity index (χ1) is 17.8. The Balaban J connectivity index is 1.61. The van der Waals surface area contributed by atoms with E-state index in [-0.39, 0.29) is 31.5 Å². The van der Waals surface area contributed by atoms with E-state index in [2.05, 4.69) is 32.8 Å². The van der Waals surface area contributed by atoms with E-state index >= 15 is 0 Å². The minimum Gasteiger partial charge on any atom is -0.378 e. The Morgan fingerprint density at radius 3 is 2.81 bits per heavy atom. The molecule has 0 bridgehead atoms. The summed E-state index contributed by atoms with van der Waals surface area (Å²) < 4.78 is 47.9. The summed E-state index contributed by atoms with van der Waals surface area (Å²) in [6, 6.07) is 1.89. The van der Waals surface area contributed by atoms with Crippen LogP contribution in [-0.4, -0.2) is 90.5 Å². The minimum atomic E-state index is -4.41. The highest BCUT2D eigenvalue weighted by molar-refractivity contribution is 6.04. The molecule has 0 aromatic carbocycles. The van der Waals surface area contributed by atoms with Gasteiger partial charge in [0.25, 0.3) is 0 Å². The zero-order chi connectivity index (χ0) is 26.3. The third-order valence-electron chi connectivity index (χ3n) is 5.77. The van der Waals surface area contributed by atoms with Gasteiger partial charge in [-0.25, -0.2) is 15.0 Å². The molecule has 14 heteroatoms. The lowest BCUT2D eigenvalue weighted by Crippen LogP contribution is -2.50. The number of anilines is 4. The molecule has 202 valence electrons. The molecular formula is C23H32F3N9O2. The average molecular weight is 524 g/mol. The molecule has 0 radical (unpaired) electrons. The number of aromatic nitrogens is 4. The van der Waals surface area contributed by atoms with Crippen molar-refractivity contribution in [1.29, 1.82) is 5.41 Å². The summed E-state index contributed by atoms with van der Waals surface area (Å²) in [5, 5.41) is 18.3. The van der Waals surface area contributed by atoms with Crippen molar-refractivity contribution in [3.8, 4) is 0 Å². The first-order valence-corrected chi connectivity index (χ1v) is 12.3. The summed E-state index contributed by atoms with van der Waals surface area (Å²) in [5.41, 5.74) is 0.803. The van der Waals surface area contributed by atoms with Crippen molar-refractivity contribution in [2.75, 3.05) is 68.1 Å². The second-order valence-corrected chi connectivity index (χ2v) is 9.15. The van der Waals surface area contributed by atoms with Gasteiger partial charge in [-0.1, -0.05) is 0 Å². The zero-order valence-electron chi connectivity index (χ0n) is 20.6. The second-order valence-electron chi connectivity index (χ2n) is 9.15. The van der Waals surface area contributed by atoms with Crippen LogP contribution in [0.2, 0.25) is 0 Å². The van der Waals surface area contributed by atoms with Gasteiger partial charge in [0.2, 0.25) is 5.95 Å². The summed E-state index contributed by atoms with van der Waals surface area (Å²) in [6.45, 7) is 3.32. The molecule has 1 unspecified atom stereocenters. The third-order valence-corrected chi connectivity index (χ3v) is 5.77. The van der Waals surface area contributed by atoms with Gasteiger partial charge in [-0.2, -0.15) is 18.2 Å². The normalized spacial score (nSPS) is 18.1. The molecule has 11 nitrogen and oxygen atoms in total. The standard InChI is InChI=1S/C23H32F3N9O2/c1-15-10-35(8-6-29-15)22-33-19(17(27)12-37-11-16-2-3-16)20(30-7-9-36-13-23(24,25)26)21(34-22)32-18-4-5-28-14-31-18/h4-5,14-16,27,29-30H,2-3,6-13H2,1H3,(H,28,31,32,33,34). The Morgan fingerprint density at radius 2 is 2.11 bits per heavy atom. The molecule has 4 rings (SSSR count). The van der Waals surface area contributed by atoms with Crippen molar-refractivity contribution in [1.82, 2.24) is 25.3 Å². The van der Waals surface area contributed by atoms with Gasteiger partial charge in [0.15, 0.2) is 5.82 Å². The first-order valence-electron chi connectivity index (χ1n) is 12.3. The number of rotatable bonds is 13. The van der Waals surface area contributed by atoms with Crippen molar-refractivity contribution in [3.05, 3.63) is 24.3 Å². The largest absolute Gasteiger partial charge is 0.411 e. The fourth-order valence-electron chi connectivity index (χ4n) is 3.78. The van der Waals surface area contributed by atoms with E-state index in [0.717, 1.165) is 19.4 Å². The summed E-state index contributed by atoms with van der Waals surface area (Å²) in [4.78, 5) is 19.6. The smallest absolute Gasteiger partial charge is 0.378 e. The highest BCUT2D eigenvalue weighted by Crippen LogP contribution is 2.31. The van der Waals surface area contributed by atoms with Crippen LogP contribution in [0.25, 0.3) is 0 Å². The fraction of sp³-hybridized carbons (Fsp3) is 0.609. The van der Waals surface area contributed by atoms with Crippen molar-refractivity contribution < 1.29 is 22.6 Å². The molecule has 37 heavy (non-hydrogen) atoms. The van der Waals surface area contributed by atoms with Gasteiger partial charge in [0, 0.05) is 45.0 Å². The molecule has 4 N–H and O–H groups in total. The zero-order valence-corrected chi connectivity index (χ0v) is 20.6. The summed E-state index contributed by atoms with van der Waals surface area (Å²) in [6.07, 6.45) is 0.808. The van der Waals surface area contributed by atoms with E-state index in [0.29, 0.717) is 54.6 Å². The molecule has 0 spiro atoms. The van der Waals surface area contributed by atoms with Gasteiger partial charge in [0.05, 0.1) is 18.9 Å². The van der Waals surface area contributed by atoms with Crippen LogP contribution in [0.15, 0.2) is 18.6 Å². The van der Waals surface area contributed by atoms with Crippen LogP contribution < -0.4 is 20.9 Å². The Kier molecular flexibility index (Phi) is 9.05. The lowest BCUT2D eigenvalue weighted by atomic mass is 10.2. The van der Waals surface area contributed by atoms with Crippen LogP contribution in [0.4, 0.5) is 36.4 Å². The molecule has 3 heterocycles. The Hall–Kier alpha value is -3.10. The topological polar surface area (TPSA) is 133 Å². The fourth-order valence-corrected chi connectivity index (χ4v) is 3.78. The first kappa shape index (κ1) is 26.9. The highest BCUT2D eigenvalue weighted by Gasteiger charge is 2.28. The maximum Gasteiger partial charge on any atom is 0.411 e. The molecule has 1 atom stereocenters. The van der Waals surface area contributed by atoms with E-state index in [9.17, 15) is 13.2 Å².